The van der Waals surface area contributed by atoms with Crippen LogP contribution in [0.4, 0.5) is 5.82 Å². The number of benzene rings is 1. The van der Waals surface area contributed by atoms with Gasteiger partial charge in [-0.1, -0.05) is 12.1 Å². The van der Waals surface area contributed by atoms with Crippen molar-refractivity contribution in [2.24, 2.45) is 0 Å². The Labute approximate surface area is 149 Å². The molecule has 0 saturated carbocycles. The Morgan fingerprint density at radius 1 is 1.08 bits per heavy atom. The van der Waals surface area contributed by atoms with Crippen LogP contribution in [-0.2, 0) is 6.42 Å². The summed E-state index contributed by atoms with van der Waals surface area (Å²) in [6.45, 7) is 3.00. The third-order valence-electron chi connectivity index (χ3n) is 4.66. The van der Waals surface area contributed by atoms with Crippen molar-refractivity contribution < 1.29 is 9.47 Å². The molecule has 2 heterocycles. The number of nitrogens with zero attached hydrogens (tertiary/aromatic N) is 3. The van der Waals surface area contributed by atoms with Crippen LogP contribution in [0.1, 0.15) is 18.4 Å². The minimum Gasteiger partial charge on any atom is -0.497 e. The van der Waals surface area contributed by atoms with Crippen molar-refractivity contribution >= 4 is 5.82 Å². The number of aromatic nitrogens is 2. The zero-order valence-corrected chi connectivity index (χ0v) is 14.9. The predicted molar refractivity (Wildman–Crippen MR) is 98.5 cm³/mol. The molecule has 0 amide bonds. The van der Waals surface area contributed by atoms with Gasteiger partial charge in [-0.15, -0.1) is 0 Å². The first-order chi connectivity index (χ1) is 12.3. The van der Waals surface area contributed by atoms with Gasteiger partial charge in [0.05, 0.1) is 14.2 Å². The van der Waals surface area contributed by atoms with E-state index in [9.17, 15) is 0 Å². The summed E-state index contributed by atoms with van der Waals surface area (Å²) >= 11 is 0. The highest BCUT2D eigenvalue weighted by atomic mass is 16.5. The first kappa shape index (κ1) is 17.5. The SMILES string of the molecule is COc1ccc(CCNC2CCN(c3cc(OC)ncn3)CC2)cc1. The number of nitrogens with one attached hydrogen (secondary N) is 1. The lowest BCUT2D eigenvalue weighted by Crippen LogP contribution is -2.43. The molecule has 0 bridgehead atoms. The molecule has 0 atom stereocenters. The lowest BCUT2D eigenvalue weighted by atomic mass is 10.0. The number of hydrogen-bond donors (Lipinski definition) is 1. The lowest BCUT2D eigenvalue weighted by Gasteiger charge is -2.33. The molecule has 0 aliphatic carbocycles. The molecule has 3 rings (SSSR count). The van der Waals surface area contributed by atoms with Gasteiger partial charge in [0.25, 0.3) is 0 Å². The van der Waals surface area contributed by atoms with Gasteiger partial charge in [0.1, 0.15) is 17.9 Å². The standard InChI is InChI=1S/C19H26N4O2/c1-24-17-5-3-15(4-6-17)7-10-20-16-8-11-23(12-9-16)18-13-19(25-2)22-14-21-18/h3-6,13-14,16,20H,7-12H2,1-2H3. The zero-order chi connectivity index (χ0) is 17.5. The van der Waals surface area contributed by atoms with Crippen molar-refractivity contribution in [3.63, 3.8) is 0 Å². The first-order valence-electron chi connectivity index (χ1n) is 8.76. The number of anilines is 1. The van der Waals surface area contributed by atoms with Crippen LogP contribution in [0, 0.1) is 0 Å². The molecule has 0 unspecified atom stereocenters. The molecule has 6 heteroatoms. The molecule has 1 aromatic carbocycles. The summed E-state index contributed by atoms with van der Waals surface area (Å²) < 4.78 is 10.4. The topological polar surface area (TPSA) is 59.5 Å². The van der Waals surface area contributed by atoms with Crippen molar-refractivity contribution in [1.29, 1.82) is 0 Å². The van der Waals surface area contributed by atoms with Gasteiger partial charge in [0.2, 0.25) is 5.88 Å². The van der Waals surface area contributed by atoms with Crippen molar-refractivity contribution in [2.45, 2.75) is 25.3 Å². The van der Waals surface area contributed by atoms with E-state index in [1.807, 2.05) is 18.2 Å². The average molecular weight is 342 g/mol. The molecule has 25 heavy (non-hydrogen) atoms. The van der Waals surface area contributed by atoms with Crippen LogP contribution >= 0.6 is 0 Å². The fourth-order valence-corrected chi connectivity index (χ4v) is 3.14. The van der Waals surface area contributed by atoms with Gasteiger partial charge < -0.3 is 19.7 Å². The van der Waals surface area contributed by atoms with Crippen molar-refractivity contribution in [3.8, 4) is 11.6 Å². The minimum atomic E-state index is 0.568. The highest BCUT2D eigenvalue weighted by molar-refractivity contribution is 5.41. The molecular weight excluding hydrogens is 316 g/mol. The molecule has 1 fully saturated rings. The normalized spacial score (nSPS) is 15.2. The van der Waals surface area contributed by atoms with E-state index in [1.54, 1.807) is 20.5 Å². The fourth-order valence-electron chi connectivity index (χ4n) is 3.14. The first-order valence-corrected chi connectivity index (χ1v) is 8.76. The van der Waals surface area contributed by atoms with Gasteiger partial charge >= 0.3 is 0 Å². The van der Waals surface area contributed by atoms with Gasteiger partial charge in [0.15, 0.2) is 0 Å². The van der Waals surface area contributed by atoms with E-state index < -0.39 is 0 Å². The van der Waals surface area contributed by atoms with E-state index >= 15 is 0 Å². The Kier molecular flexibility index (Phi) is 6.06. The smallest absolute Gasteiger partial charge is 0.218 e. The van der Waals surface area contributed by atoms with Gasteiger partial charge in [-0.2, -0.15) is 0 Å². The van der Waals surface area contributed by atoms with E-state index in [1.165, 1.54) is 5.56 Å². The average Bonchev–Trinajstić information content (AvgIpc) is 2.69. The summed E-state index contributed by atoms with van der Waals surface area (Å²) in [5, 5.41) is 3.68. The van der Waals surface area contributed by atoms with Crippen LogP contribution in [0.15, 0.2) is 36.7 Å². The molecule has 1 aliphatic rings. The Bertz CT molecular complexity index is 655. The Morgan fingerprint density at radius 2 is 1.84 bits per heavy atom. The number of piperidine rings is 1. The maximum Gasteiger partial charge on any atom is 0.218 e. The number of rotatable bonds is 7. The summed E-state index contributed by atoms with van der Waals surface area (Å²) in [6.07, 6.45) is 4.84. The van der Waals surface area contributed by atoms with E-state index in [0.717, 1.165) is 50.5 Å². The van der Waals surface area contributed by atoms with Gasteiger partial charge in [-0.3, -0.25) is 0 Å². The van der Waals surface area contributed by atoms with Crippen molar-refractivity contribution in [3.05, 3.63) is 42.2 Å². The summed E-state index contributed by atoms with van der Waals surface area (Å²) in [6, 6.07) is 10.8. The van der Waals surface area contributed by atoms with Crippen LogP contribution in [0.3, 0.4) is 0 Å². The summed E-state index contributed by atoms with van der Waals surface area (Å²) in [5.74, 6) is 2.47. The van der Waals surface area contributed by atoms with Crippen LogP contribution in [-0.4, -0.2) is 49.9 Å². The van der Waals surface area contributed by atoms with Crippen LogP contribution < -0.4 is 19.7 Å². The molecule has 1 saturated heterocycles. The van der Waals surface area contributed by atoms with E-state index in [-0.39, 0.29) is 0 Å². The summed E-state index contributed by atoms with van der Waals surface area (Å²) in [7, 11) is 3.32. The lowest BCUT2D eigenvalue weighted by molar-refractivity contribution is 0.394. The fraction of sp³-hybridized carbons (Fsp3) is 0.474. The molecular formula is C19H26N4O2. The minimum absolute atomic E-state index is 0.568. The zero-order valence-electron chi connectivity index (χ0n) is 14.9. The Hall–Kier alpha value is -2.34. The van der Waals surface area contributed by atoms with E-state index in [4.69, 9.17) is 9.47 Å². The van der Waals surface area contributed by atoms with Gasteiger partial charge in [-0.05, 0) is 43.5 Å². The highest BCUT2D eigenvalue weighted by Crippen LogP contribution is 2.20. The van der Waals surface area contributed by atoms with E-state index in [0.29, 0.717) is 11.9 Å². The summed E-state index contributed by atoms with van der Waals surface area (Å²) in [5.41, 5.74) is 1.33. The highest BCUT2D eigenvalue weighted by Gasteiger charge is 2.20. The van der Waals surface area contributed by atoms with Crippen LogP contribution in [0.25, 0.3) is 0 Å². The monoisotopic (exact) mass is 342 g/mol. The summed E-state index contributed by atoms with van der Waals surface area (Å²) in [4.78, 5) is 10.7. The van der Waals surface area contributed by atoms with Gasteiger partial charge in [0, 0.05) is 25.2 Å². The number of ether oxygens (including phenoxy) is 2. The quantitative estimate of drug-likeness (QED) is 0.833. The van der Waals surface area contributed by atoms with Crippen molar-refractivity contribution in [2.75, 3.05) is 38.8 Å². The molecule has 0 spiro atoms. The molecule has 1 aliphatic heterocycles. The maximum atomic E-state index is 5.19. The van der Waals surface area contributed by atoms with E-state index in [2.05, 4.69) is 32.3 Å². The molecule has 0 radical (unpaired) electrons. The Morgan fingerprint density at radius 3 is 2.52 bits per heavy atom. The van der Waals surface area contributed by atoms with Gasteiger partial charge in [-0.25, -0.2) is 9.97 Å². The van der Waals surface area contributed by atoms with Crippen molar-refractivity contribution in [1.82, 2.24) is 15.3 Å². The largest absolute Gasteiger partial charge is 0.497 e. The number of hydrogen-bond acceptors (Lipinski definition) is 6. The second-order valence-electron chi connectivity index (χ2n) is 6.23. The predicted octanol–water partition coefficient (Wildman–Crippen LogP) is 2.29. The second kappa shape index (κ2) is 8.67. The molecule has 1 aromatic heterocycles. The molecule has 134 valence electrons. The number of methoxy groups -OCH3 is 2. The third kappa shape index (κ3) is 4.82. The Balaban J connectivity index is 1.41. The van der Waals surface area contributed by atoms with Crippen LogP contribution in [0.5, 0.6) is 11.6 Å². The molecule has 6 nitrogen and oxygen atoms in total. The maximum absolute atomic E-state index is 5.19. The molecule has 2 aromatic rings. The van der Waals surface area contributed by atoms with Crippen LogP contribution in [0.2, 0.25) is 0 Å². The molecule has 1 N–H and O–H groups in total. The second-order valence-corrected chi connectivity index (χ2v) is 6.23. The third-order valence-corrected chi connectivity index (χ3v) is 4.66.